The minimum Gasteiger partial charge on any atom is -0.467 e. The molecule has 2 aromatic heterocycles. The lowest BCUT2D eigenvalue weighted by atomic mass is 10.00. The van der Waals surface area contributed by atoms with Gasteiger partial charge in [0.1, 0.15) is 11.6 Å². The molecule has 3 heterocycles. The van der Waals surface area contributed by atoms with Crippen LogP contribution in [-0.4, -0.2) is 22.6 Å². The van der Waals surface area contributed by atoms with Gasteiger partial charge in [-0.1, -0.05) is 6.92 Å². The fourth-order valence-electron chi connectivity index (χ4n) is 3.08. The van der Waals surface area contributed by atoms with Crippen LogP contribution in [0.25, 0.3) is 0 Å². The Morgan fingerprint density at radius 2 is 2.27 bits per heavy atom. The zero-order valence-electron chi connectivity index (χ0n) is 13.4. The Bertz CT molecular complexity index is 597. The largest absolute Gasteiger partial charge is 0.467 e. The van der Waals surface area contributed by atoms with Crippen molar-refractivity contribution < 1.29 is 4.42 Å². The molecule has 1 saturated heterocycles. The van der Waals surface area contributed by atoms with Gasteiger partial charge in [-0.15, -0.1) is 0 Å². The average molecular weight is 300 g/mol. The molecule has 0 bridgehead atoms. The zero-order valence-corrected chi connectivity index (χ0v) is 13.4. The van der Waals surface area contributed by atoms with E-state index in [-0.39, 0.29) is 0 Å². The van der Waals surface area contributed by atoms with E-state index in [1.807, 2.05) is 19.1 Å². The van der Waals surface area contributed by atoms with Gasteiger partial charge in [-0.05, 0) is 44.7 Å². The number of hydrogen-bond acceptors (Lipinski definition) is 5. The molecule has 5 heteroatoms. The Labute approximate surface area is 131 Å². The van der Waals surface area contributed by atoms with Crippen LogP contribution in [0.1, 0.15) is 44.1 Å². The van der Waals surface area contributed by atoms with Gasteiger partial charge in [0.05, 0.1) is 12.8 Å². The van der Waals surface area contributed by atoms with E-state index in [1.54, 1.807) is 6.26 Å². The number of furan rings is 1. The summed E-state index contributed by atoms with van der Waals surface area (Å²) in [7, 11) is 0. The molecule has 2 aromatic rings. The van der Waals surface area contributed by atoms with Crippen LogP contribution in [0.3, 0.4) is 0 Å². The van der Waals surface area contributed by atoms with Crippen LogP contribution in [0.5, 0.6) is 0 Å². The third-order valence-corrected chi connectivity index (χ3v) is 4.23. The first-order valence-electron chi connectivity index (χ1n) is 8.15. The van der Waals surface area contributed by atoms with Crippen LogP contribution < -0.4 is 10.2 Å². The minimum atomic E-state index is 0.598. The smallest absolute Gasteiger partial charge is 0.225 e. The standard InChI is InChI=1S/C17H24N4O/c1-3-14-7-4-5-9-21(14)16-11-13(2)19-17(20-16)18-12-15-8-6-10-22-15/h6,8,10-11,14H,3-5,7,9,12H2,1-2H3,(H,18,19,20). The van der Waals surface area contributed by atoms with Gasteiger partial charge in [-0.25, -0.2) is 4.98 Å². The van der Waals surface area contributed by atoms with E-state index in [1.165, 1.54) is 19.3 Å². The lowest BCUT2D eigenvalue weighted by Crippen LogP contribution is -2.39. The summed E-state index contributed by atoms with van der Waals surface area (Å²) in [5, 5.41) is 3.26. The van der Waals surface area contributed by atoms with E-state index < -0.39 is 0 Å². The maximum atomic E-state index is 5.34. The van der Waals surface area contributed by atoms with Gasteiger partial charge in [0.2, 0.25) is 5.95 Å². The van der Waals surface area contributed by atoms with Crippen molar-refractivity contribution in [3.8, 4) is 0 Å². The van der Waals surface area contributed by atoms with E-state index in [4.69, 9.17) is 9.40 Å². The van der Waals surface area contributed by atoms with E-state index >= 15 is 0 Å². The molecule has 0 aliphatic carbocycles. The summed E-state index contributed by atoms with van der Waals surface area (Å²) >= 11 is 0. The SMILES string of the molecule is CCC1CCCCN1c1cc(C)nc(NCc2ccco2)n1. The highest BCUT2D eigenvalue weighted by Gasteiger charge is 2.22. The molecule has 1 aliphatic rings. The first kappa shape index (κ1) is 14.9. The normalized spacial score (nSPS) is 18.5. The molecular formula is C17H24N4O. The van der Waals surface area contributed by atoms with Crippen LogP contribution in [0.15, 0.2) is 28.9 Å². The fraction of sp³-hybridized carbons (Fsp3) is 0.529. The highest BCUT2D eigenvalue weighted by molar-refractivity contribution is 5.46. The van der Waals surface area contributed by atoms with E-state index in [0.717, 1.165) is 30.2 Å². The van der Waals surface area contributed by atoms with Gasteiger partial charge in [0.15, 0.2) is 0 Å². The molecule has 22 heavy (non-hydrogen) atoms. The second-order valence-electron chi connectivity index (χ2n) is 5.88. The van der Waals surface area contributed by atoms with Crippen molar-refractivity contribution in [1.29, 1.82) is 0 Å². The summed E-state index contributed by atoms with van der Waals surface area (Å²) < 4.78 is 5.34. The van der Waals surface area contributed by atoms with Gasteiger partial charge in [-0.2, -0.15) is 4.98 Å². The van der Waals surface area contributed by atoms with Crippen molar-refractivity contribution >= 4 is 11.8 Å². The maximum absolute atomic E-state index is 5.34. The van der Waals surface area contributed by atoms with E-state index in [0.29, 0.717) is 18.5 Å². The van der Waals surface area contributed by atoms with Crippen molar-refractivity contribution in [2.24, 2.45) is 0 Å². The van der Waals surface area contributed by atoms with Crippen molar-refractivity contribution in [3.05, 3.63) is 35.9 Å². The number of rotatable bonds is 5. The van der Waals surface area contributed by atoms with E-state index in [2.05, 4.69) is 28.2 Å². The Balaban J connectivity index is 1.76. The Hall–Kier alpha value is -2.04. The Kier molecular flexibility index (Phi) is 4.61. The molecule has 0 amide bonds. The Morgan fingerprint density at radius 3 is 3.05 bits per heavy atom. The van der Waals surface area contributed by atoms with Gasteiger partial charge in [-0.3, -0.25) is 0 Å². The molecular weight excluding hydrogens is 276 g/mol. The molecule has 1 atom stereocenters. The molecule has 3 rings (SSSR count). The second-order valence-corrected chi connectivity index (χ2v) is 5.88. The molecule has 0 saturated carbocycles. The average Bonchev–Trinajstić information content (AvgIpc) is 3.06. The summed E-state index contributed by atoms with van der Waals surface area (Å²) in [5.74, 6) is 2.60. The van der Waals surface area contributed by atoms with E-state index in [9.17, 15) is 0 Å². The summed E-state index contributed by atoms with van der Waals surface area (Å²) in [5.41, 5.74) is 0.993. The summed E-state index contributed by atoms with van der Waals surface area (Å²) in [6.45, 7) is 5.97. The highest BCUT2D eigenvalue weighted by atomic mass is 16.3. The minimum absolute atomic E-state index is 0.598. The van der Waals surface area contributed by atoms with Crippen molar-refractivity contribution in [2.75, 3.05) is 16.8 Å². The quantitative estimate of drug-likeness (QED) is 0.911. The summed E-state index contributed by atoms with van der Waals surface area (Å²) in [6, 6.07) is 6.52. The molecule has 0 aromatic carbocycles. The van der Waals surface area contributed by atoms with Gasteiger partial charge < -0.3 is 14.6 Å². The van der Waals surface area contributed by atoms with Crippen LogP contribution in [0, 0.1) is 6.92 Å². The molecule has 1 unspecified atom stereocenters. The number of nitrogens with zero attached hydrogens (tertiary/aromatic N) is 3. The molecule has 1 N–H and O–H groups in total. The number of nitrogens with one attached hydrogen (secondary N) is 1. The maximum Gasteiger partial charge on any atom is 0.225 e. The topological polar surface area (TPSA) is 54.2 Å². The van der Waals surface area contributed by atoms with Crippen LogP contribution >= 0.6 is 0 Å². The predicted octanol–water partition coefficient (Wildman–Crippen LogP) is 3.76. The third-order valence-electron chi connectivity index (χ3n) is 4.23. The highest BCUT2D eigenvalue weighted by Crippen LogP contribution is 2.26. The van der Waals surface area contributed by atoms with Crippen LogP contribution in [0.2, 0.25) is 0 Å². The molecule has 118 valence electrons. The fourth-order valence-corrected chi connectivity index (χ4v) is 3.08. The Morgan fingerprint density at radius 1 is 1.36 bits per heavy atom. The van der Waals surface area contributed by atoms with Gasteiger partial charge in [0, 0.05) is 24.3 Å². The van der Waals surface area contributed by atoms with Gasteiger partial charge in [0.25, 0.3) is 0 Å². The number of anilines is 2. The van der Waals surface area contributed by atoms with Crippen molar-refractivity contribution in [2.45, 2.75) is 52.1 Å². The number of aromatic nitrogens is 2. The zero-order chi connectivity index (χ0) is 15.4. The summed E-state index contributed by atoms with van der Waals surface area (Å²) in [6.07, 6.45) is 6.67. The summed E-state index contributed by atoms with van der Waals surface area (Å²) in [4.78, 5) is 11.6. The molecule has 5 nitrogen and oxygen atoms in total. The number of hydrogen-bond donors (Lipinski definition) is 1. The lowest BCUT2D eigenvalue weighted by Gasteiger charge is -2.36. The molecule has 1 fully saturated rings. The second kappa shape index (κ2) is 6.81. The van der Waals surface area contributed by atoms with Crippen LogP contribution in [0.4, 0.5) is 11.8 Å². The van der Waals surface area contributed by atoms with Gasteiger partial charge >= 0.3 is 0 Å². The first-order chi connectivity index (χ1) is 10.8. The van der Waals surface area contributed by atoms with Crippen molar-refractivity contribution in [1.82, 2.24) is 9.97 Å². The molecule has 1 aliphatic heterocycles. The first-order valence-corrected chi connectivity index (χ1v) is 8.15. The molecule has 0 radical (unpaired) electrons. The lowest BCUT2D eigenvalue weighted by molar-refractivity contribution is 0.446. The van der Waals surface area contributed by atoms with Crippen molar-refractivity contribution in [3.63, 3.8) is 0 Å². The predicted molar refractivity (Wildman–Crippen MR) is 88.1 cm³/mol. The third kappa shape index (κ3) is 3.40. The molecule has 0 spiro atoms. The number of piperidine rings is 1. The number of aryl methyl sites for hydroxylation is 1. The monoisotopic (exact) mass is 300 g/mol. The van der Waals surface area contributed by atoms with Crippen LogP contribution in [-0.2, 0) is 6.54 Å².